The Bertz CT molecular complexity index is 679. The maximum absolute atomic E-state index is 11.2. The third-order valence-corrected chi connectivity index (χ3v) is 2.84. The first-order valence-corrected chi connectivity index (χ1v) is 7.07. The molecule has 0 aliphatic carbocycles. The van der Waals surface area contributed by atoms with Gasteiger partial charge in [0.15, 0.2) is 11.5 Å². The number of rotatable bonds is 7. The van der Waals surface area contributed by atoms with E-state index in [1.54, 1.807) is 31.2 Å². The molecule has 0 aliphatic rings. The highest BCUT2D eigenvalue weighted by Gasteiger charge is 2.07. The van der Waals surface area contributed by atoms with Gasteiger partial charge in [-0.1, -0.05) is 24.8 Å². The predicted octanol–water partition coefficient (Wildman–Crippen LogP) is 3.68. The minimum atomic E-state index is -0.456. The molecule has 120 valence electrons. The van der Waals surface area contributed by atoms with Gasteiger partial charge in [0.2, 0.25) is 0 Å². The number of para-hydroxylation sites is 1. The molecule has 0 amide bonds. The average Bonchev–Trinajstić information content (AvgIpc) is 2.54. The fourth-order valence-electron chi connectivity index (χ4n) is 1.71. The number of ether oxygens (including phenoxy) is 3. The molecule has 0 radical (unpaired) electrons. The number of phenols is 1. The summed E-state index contributed by atoms with van der Waals surface area (Å²) < 4.78 is 15.9. The standard InChI is InChI=1S/C18H18O5/c1-13(2)18(20)22-11-10-21-15-8-9-17(16(19)12-15)23-14-6-4-3-5-7-14/h3-9,12,19H,1,10-11H2,2H3. The van der Waals surface area contributed by atoms with E-state index in [4.69, 9.17) is 14.2 Å². The molecule has 0 spiro atoms. The molecule has 0 unspecified atom stereocenters. The summed E-state index contributed by atoms with van der Waals surface area (Å²) in [5, 5.41) is 9.97. The van der Waals surface area contributed by atoms with Crippen LogP contribution < -0.4 is 9.47 Å². The lowest BCUT2D eigenvalue weighted by atomic mass is 10.3. The van der Waals surface area contributed by atoms with E-state index in [0.29, 0.717) is 22.8 Å². The van der Waals surface area contributed by atoms with Crippen molar-refractivity contribution in [2.75, 3.05) is 13.2 Å². The summed E-state index contributed by atoms with van der Waals surface area (Å²) in [5.74, 6) is 0.920. The number of hydrogen-bond donors (Lipinski definition) is 1. The summed E-state index contributed by atoms with van der Waals surface area (Å²) in [4.78, 5) is 11.2. The van der Waals surface area contributed by atoms with Gasteiger partial charge in [-0.15, -0.1) is 0 Å². The molecule has 2 aromatic carbocycles. The lowest BCUT2D eigenvalue weighted by Crippen LogP contribution is -2.12. The summed E-state index contributed by atoms with van der Waals surface area (Å²) >= 11 is 0. The van der Waals surface area contributed by atoms with E-state index < -0.39 is 5.97 Å². The van der Waals surface area contributed by atoms with Crippen molar-refractivity contribution in [2.24, 2.45) is 0 Å². The Labute approximate surface area is 134 Å². The Balaban J connectivity index is 1.87. The topological polar surface area (TPSA) is 65.0 Å². The third-order valence-electron chi connectivity index (χ3n) is 2.84. The molecule has 5 nitrogen and oxygen atoms in total. The first kappa shape index (κ1) is 16.4. The van der Waals surface area contributed by atoms with Crippen molar-refractivity contribution in [3.05, 3.63) is 60.7 Å². The molecule has 1 N–H and O–H groups in total. The monoisotopic (exact) mass is 314 g/mol. The van der Waals surface area contributed by atoms with Crippen LogP contribution in [0.4, 0.5) is 0 Å². The van der Waals surface area contributed by atoms with Gasteiger partial charge < -0.3 is 19.3 Å². The van der Waals surface area contributed by atoms with Gasteiger partial charge in [0, 0.05) is 11.6 Å². The van der Waals surface area contributed by atoms with Crippen LogP contribution in [0.2, 0.25) is 0 Å². The van der Waals surface area contributed by atoms with Crippen molar-refractivity contribution in [2.45, 2.75) is 6.92 Å². The zero-order chi connectivity index (χ0) is 16.7. The maximum atomic E-state index is 11.2. The second kappa shape index (κ2) is 7.89. The van der Waals surface area contributed by atoms with E-state index in [1.165, 1.54) is 6.07 Å². The fraction of sp³-hybridized carbons (Fsp3) is 0.167. The van der Waals surface area contributed by atoms with Crippen molar-refractivity contribution in [3.63, 3.8) is 0 Å². The SMILES string of the molecule is C=C(C)C(=O)OCCOc1ccc(Oc2ccccc2)c(O)c1. The molecule has 0 atom stereocenters. The highest BCUT2D eigenvalue weighted by Crippen LogP contribution is 2.33. The number of carbonyl (C=O) groups excluding carboxylic acids is 1. The molecule has 0 saturated carbocycles. The molecule has 0 aliphatic heterocycles. The van der Waals surface area contributed by atoms with Gasteiger partial charge in [-0.05, 0) is 31.2 Å². The highest BCUT2D eigenvalue weighted by molar-refractivity contribution is 5.86. The number of aromatic hydroxyl groups is 1. The van der Waals surface area contributed by atoms with Gasteiger partial charge in [0.25, 0.3) is 0 Å². The van der Waals surface area contributed by atoms with Crippen LogP contribution in [0.3, 0.4) is 0 Å². The van der Waals surface area contributed by atoms with Crippen LogP contribution in [0.25, 0.3) is 0 Å². The number of hydrogen-bond acceptors (Lipinski definition) is 5. The van der Waals surface area contributed by atoms with Crippen LogP contribution in [0.15, 0.2) is 60.7 Å². The van der Waals surface area contributed by atoms with E-state index >= 15 is 0 Å². The fourth-order valence-corrected chi connectivity index (χ4v) is 1.71. The predicted molar refractivity (Wildman–Crippen MR) is 85.9 cm³/mol. The van der Waals surface area contributed by atoms with Crippen LogP contribution in [0.1, 0.15) is 6.92 Å². The molecule has 2 rings (SSSR count). The Kier molecular flexibility index (Phi) is 5.63. The zero-order valence-electron chi connectivity index (χ0n) is 12.8. The molecule has 0 bridgehead atoms. The van der Waals surface area contributed by atoms with Crippen LogP contribution in [-0.2, 0) is 9.53 Å². The molecule has 2 aromatic rings. The molecule has 5 heteroatoms. The zero-order valence-corrected chi connectivity index (χ0v) is 12.8. The van der Waals surface area contributed by atoms with Crippen molar-refractivity contribution in [3.8, 4) is 23.0 Å². The van der Waals surface area contributed by atoms with E-state index in [1.807, 2.05) is 18.2 Å². The quantitative estimate of drug-likeness (QED) is 0.480. The molecule has 0 heterocycles. The number of benzene rings is 2. The van der Waals surface area contributed by atoms with Gasteiger partial charge in [0.1, 0.15) is 24.7 Å². The van der Waals surface area contributed by atoms with E-state index in [0.717, 1.165) is 0 Å². The number of esters is 1. The maximum Gasteiger partial charge on any atom is 0.333 e. The molecule has 0 saturated heterocycles. The summed E-state index contributed by atoms with van der Waals surface area (Å²) in [6.07, 6.45) is 0. The van der Waals surface area contributed by atoms with E-state index in [9.17, 15) is 9.90 Å². The highest BCUT2D eigenvalue weighted by atomic mass is 16.6. The minimum Gasteiger partial charge on any atom is -0.504 e. The van der Waals surface area contributed by atoms with Gasteiger partial charge in [-0.2, -0.15) is 0 Å². The Hall–Kier alpha value is -2.95. The lowest BCUT2D eigenvalue weighted by Gasteiger charge is -2.10. The summed E-state index contributed by atoms with van der Waals surface area (Å²) in [6.45, 7) is 5.35. The van der Waals surface area contributed by atoms with Crippen molar-refractivity contribution >= 4 is 5.97 Å². The lowest BCUT2D eigenvalue weighted by molar-refractivity contribution is -0.139. The molecule has 0 fully saturated rings. The second-order valence-electron chi connectivity index (χ2n) is 4.81. The largest absolute Gasteiger partial charge is 0.504 e. The summed E-state index contributed by atoms with van der Waals surface area (Å²) in [7, 11) is 0. The van der Waals surface area contributed by atoms with Crippen molar-refractivity contribution < 1.29 is 24.1 Å². The first-order valence-electron chi connectivity index (χ1n) is 7.07. The third kappa shape index (κ3) is 5.07. The van der Waals surface area contributed by atoms with Crippen LogP contribution in [0, 0.1) is 0 Å². The molecule has 0 aromatic heterocycles. The van der Waals surface area contributed by atoms with Gasteiger partial charge in [0.05, 0.1) is 0 Å². The van der Waals surface area contributed by atoms with Gasteiger partial charge in [-0.25, -0.2) is 4.79 Å². The summed E-state index contributed by atoms with van der Waals surface area (Å²) in [6, 6.07) is 13.9. The van der Waals surface area contributed by atoms with Gasteiger partial charge in [-0.3, -0.25) is 0 Å². The van der Waals surface area contributed by atoms with Crippen LogP contribution in [0.5, 0.6) is 23.0 Å². The van der Waals surface area contributed by atoms with Gasteiger partial charge >= 0.3 is 5.97 Å². The molecular weight excluding hydrogens is 296 g/mol. The Morgan fingerprint density at radius 1 is 1.09 bits per heavy atom. The number of carbonyl (C=O) groups is 1. The number of phenolic OH excluding ortho intramolecular Hbond substituents is 1. The molecular formula is C18H18O5. The van der Waals surface area contributed by atoms with Crippen molar-refractivity contribution in [1.82, 2.24) is 0 Å². The van der Waals surface area contributed by atoms with E-state index in [-0.39, 0.29) is 19.0 Å². The Morgan fingerprint density at radius 3 is 2.48 bits per heavy atom. The van der Waals surface area contributed by atoms with Crippen molar-refractivity contribution in [1.29, 1.82) is 0 Å². The minimum absolute atomic E-state index is 0.0368. The van der Waals surface area contributed by atoms with Crippen LogP contribution in [-0.4, -0.2) is 24.3 Å². The first-order chi connectivity index (χ1) is 11.1. The average molecular weight is 314 g/mol. The normalized spacial score (nSPS) is 9.96. The second-order valence-corrected chi connectivity index (χ2v) is 4.81. The van der Waals surface area contributed by atoms with E-state index in [2.05, 4.69) is 6.58 Å². The Morgan fingerprint density at radius 2 is 1.83 bits per heavy atom. The van der Waals surface area contributed by atoms with Crippen LogP contribution >= 0.6 is 0 Å². The summed E-state index contributed by atoms with van der Waals surface area (Å²) in [5.41, 5.74) is 0.338. The smallest absolute Gasteiger partial charge is 0.333 e. The molecule has 23 heavy (non-hydrogen) atoms.